The molecule has 0 spiro atoms. The van der Waals surface area contributed by atoms with E-state index >= 15 is 0 Å². The lowest BCUT2D eigenvalue weighted by molar-refractivity contribution is 0.0366. The van der Waals surface area contributed by atoms with Crippen LogP contribution in [0.5, 0.6) is 0 Å². The number of hydrogen-bond acceptors (Lipinski definition) is 4. The van der Waals surface area contributed by atoms with E-state index in [-0.39, 0.29) is 6.10 Å². The molecule has 1 aromatic rings. The largest absolute Gasteiger partial charge is 0.378 e. The van der Waals surface area contributed by atoms with Gasteiger partial charge in [-0.3, -0.25) is 4.79 Å². The standard InChI is InChI=1S/C15H22BrN3O2/c16-12-3-1-4-13(14(12)15(18)20)19-8-5-11(6-9-19)21-10-2-7-17/h1,3-4,11H,2,5-10,17H2,(H2,18,20). The Morgan fingerprint density at radius 1 is 1.38 bits per heavy atom. The Labute approximate surface area is 133 Å². The Morgan fingerprint density at radius 2 is 2.10 bits per heavy atom. The third-order valence-electron chi connectivity index (χ3n) is 3.72. The zero-order chi connectivity index (χ0) is 15.2. The summed E-state index contributed by atoms with van der Waals surface area (Å²) in [4.78, 5) is 13.9. The van der Waals surface area contributed by atoms with Crippen LogP contribution in [0.1, 0.15) is 29.6 Å². The maximum atomic E-state index is 11.7. The number of anilines is 1. The summed E-state index contributed by atoms with van der Waals surface area (Å²) in [6.07, 6.45) is 3.10. The molecule has 21 heavy (non-hydrogen) atoms. The molecule has 6 heteroatoms. The molecular formula is C15H22BrN3O2. The lowest BCUT2D eigenvalue weighted by atomic mass is 10.0. The maximum absolute atomic E-state index is 11.7. The first kappa shape index (κ1) is 16.3. The number of primary amides is 1. The second-order valence-electron chi connectivity index (χ2n) is 5.20. The second kappa shape index (κ2) is 7.77. The fraction of sp³-hybridized carbons (Fsp3) is 0.533. The second-order valence-corrected chi connectivity index (χ2v) is 6.05. The summed E-state index contributed by atoms with van der Waals surface area (Å²) in [5.41, 5.74) is 12.4. The summed E-state index contributed by atoms with van der Waals surface area (Å²) in [6, 6.07) is 5.71. The lowest BCUT2D eigenvalue weighted by Gasteiger charge is -2.34. The Morgan fingerprint density at radius 3 is 2.71 bits per heavy atom. The van der Waals surface area contributed by atoms with Gasteiger partial charge in [-0.15, -0.1) is 0 Å². The van der Waals surface area contributed by atoms with E-state index in [4.69, 9.17) is 16.2 Å². The van der Waals surface area contributed by atoms with Crippen LogP contribution in [-0.2, 0) is 4.74 Å². The molecule has 0 aliphatic carbocycles. The predicted molar refractivity (Wildman–Crippen MR) is 87.5 cm³/mol. The molecular weight excluding hydrogens is 334 g/mol. The Hall–Kier alpha value is -1.11. The molecule has 4 N–H and O–H groups in total. The van der Waals surface area contributed by atoms with Gasteiger partial charge in [-0.05, 0) is 53.9 Å². The fourth-order valence-electron chi connectivity index (χ4n) is 2.62. The molecule has 1 aromatic carbocycles. The fourth-order valence-corrected chi connectivity index (χ4v) is 3.17. The van der Waals surface area contributed by atoms with Crippen LogP contribution in [-0.4, -0.2) is 38.3 Å². The highest BCUT2D eigenvalue weighted by Crippen LogP contribution is 2.30. The van der Waals surface area contributed by atoms with Gasteiger partial charge in [0, 0.05) is 24.2 Å². The molecule has 5 nitrogen and oxygen atoms in total. The van der Waals surface area contributed by atoms with Gasteiger partial charge in [0.05, 0.1) is 17.4 Å². The quantitative estimate of drug-likeness (QED) is 0.763. The molecule has 1 fully saturated rings. The Kier molecular flexibility index (Phi) is 6.02. The van der Waals surface area contributed by atoms with Gasteiger partial charge < -0.3 is 21.1 Å². The number of benzene rings is 1. The average Bonchev–Trinajstić information content (AvgIpc) is 2.47. The smallest absolute Gasteiger partial charge is 0.251 e. The number of ether oxygens (including phenoxy) is 1. The van der Waals surface area contributed by atoms with Crippen molar-refractivity contribution >= 4 is 27.5 Å². The minimum atomic E-state index is -0.404. The van der Waals surface area contributed by atoms with Crippen molar-refractivity contribution in [2.75, 3.05) is 31.1 Å². The van der Waals surface area contributed by atoms with E-state index in [9.17, 15) is 4.79 Å². The van der Waals surface area contributed by atoms with Gasteiger partial charge >= 0.3 is 0 Å². The molecule has 2 rings (SSSR count). The first-order valence-electron chi connectivity index (χ1n) is 7.28. The molecule has 1 saturated heterocycles. The molecule has 0 saturated carbocycles. The molecule has 0 unspecified atom stereocenters. The van der Waals surface area contributed by atoms with Crippen molar-refractivity contribution in [1.29, 1.82) is 0 Å². The van der Waals surface area contributed by atoms with E-state index in [1.807, 2.05) is 18.2 Å². The van der Waals surface area contributed by atoms with Gasteiger partial charge in [-0.2, -0.15) is 0 Å². The first-order valence-corrected chi connectivity index (χ1v) is 8.07. The van der Waals surface area contributed by atoms with Crippen molar-refractivity contribution < 1.29 is 9.53 Å². The van der Waals surface area contributed by atoms with Crippen LogP contribution < -0.4 is 16.4 Å². The summed E-state index contributed by atoms with van der Waals surface area (Å²) in [5, 5.41) is 0. The summed E-state index contributed by atoms with van der Waals surface area (Å²) in [6.45, 7) is 3.12. The van der Waals surface area contributed by atoms with Gasteiger partial charge in [0.25, 0.3) is 5.91 Å². The number of hydrogen-bond donors (Lipinski definition) is 2. The maximum Gasteiger partial charge on any atom is 0.251 e. The average molecular weight is 356 g/mol. The van der Waals surface area contributed by atoms with Crippen LogP contribution in [0.15, 0.2) is 22.7 Å². The van der Waals surface area contributed by atoms with Crippen molar-refractivity contribution in [3.63, 3.8) is 0 Å². The van der Waals surface area contributed by atoms with Gasteiger partial charge in [-0.1, -0.05) is 6.07 Å². The zero-order valence-electron chi connectivity index (χ0n) is 12.1. The Bertz CT molecular complexity index is 488. The molecule has 1 amide bonds. The van der Waals surface area contributed by atoms with Crippen molar-refractivity contribution in [3.8, 4) is 0 Å². The first-order chi connectivity index (χ1) is 10.1. The van der Waals surface area contributed by atoms with Crippen LogP contribution >= 0.6 is 15.9 Å². The topological polar surface area (TPSA) is 81.6 Å². The van der Waals surface area contributed by atoms with Crippen LogP contribution in [0.2, 0.25) is 0 Å². The van der Waals surface area contributed by atoms with Gasteiger partial charge in [0.1, 0.15) is 0 Å². The number of carbonyl (C=O) groups excluding carboxylic acids is 1. The zero-order valence-corrected chi connectivity index (χ0v) is 13.6. The van der Waals surface area contributed by atoms with E-state index in [1.54, 1.807) is 0 Å². The molecule has 1 heterocycles. The Balaban J connectivity index is 1.99. The molecule has 1 aliphatic heterocycles. The van der Waals surface area contributed by atoms with Crippen molar-refractivity contribution in [2.24, 2.45) is 11.5 Å². The van der Waals surface area contributed by atoms with Crippen LogP contribution in [0.3, 0.4) is 0 Å². The molecule has 0 atom stereocenters. The summed E-state index contributed by atoms with van der Waals surface area (Å²) < 4.78 is 6.55. The van der Waals surface area contributed by atoms with E-state index in [2.05, 4.69) is 20.8 Å². The number of nitrogens with two attached hydrogens (primary N) is 2. The summed E-state index contributed by atoms with van der Waals surface area (Å²) >= 11 is 3.40. The third-order valence-corrected chi connectivity index (χ3v) is 4.38. The third kappa shape index (κ3) is 4.18. The highest BCUT2D eigenvalue weighted by Gasteiger charge is 2.23. The van der Waals surface area contributed by atoms with Crippen LogP contribution in [0.4, 0.5) is 5.69 Å². The SMILES string of the molecule is NCCCOC1CCN(c2cccc(Br)c2C(N)=O)CC1. The minimum absolute atomic E-state index is 0.289. The minimum Gasteiger partial charge on any atom is -0.378 e. The number of piperidine rings is 1. The number of rotatable bonds is 6. The van der Waals surface area contributed by atoms with Crippen molar-refractivity contribution in [1.82, 2.24) is 0 Å². The van der Waals surface area contributed by atoms with Gasteiger partial charge in [0.15, 0.2) is 0 Å². The molecule has 0 bridgehead atoms. The van der Waals surface area contributed by atoms with Gasteiger partial charge in [0.2, 0.25) is 0 Å². The molecule has 0 radical (unpaired) electrons. The van der Waals surface area contributed by atoms with Crippen LogP contribution in [0, 0.1) is 0 Å². The van der Waals surface area contributed by atoms with Gasteiger partial charge in [-0.25, -0.2) is 0 Å². The van der Waals surface area contributed by atoms with E-state index < -0.39 is 5.91 Å². The van der Waals surface area contributed by atoms with E-state index in [0.29, 0.717) is 12.1 Å². The number of carbonyl (C=O) groups is 1. The predicted octanol–water partition coefficient (Wildman–Crippen LogP) is 1.88. The van der Waals surface area contributed by atoms with Crippen molar-refractivity contribution in [3.05, 3.63) is 28.2 Å². The molecule has 0 aromatic heterocycles. The summed E-state index contributed by atoms with van der Waals surface area (Å²) in [7, 11) is 0. The van der Waals surface area contributed by atoms with Crippen LogP contribution in [0.25, 0.3) is 0 Å². The number of halogens is 1. The number of amides is 1. The number of nitrogens with zero attached hydrogens (tertiary/aromatic N) is 1. The monoisotopic (exact) mass is 355 g/mol. The molecule has 116 valence electrons. The molecule has 1 aliphatic rings. The van der Waals surface area contributed by atoms with E-state index in [0.717, 1.165) is 49.1 Å². The van der Waals surface area contributed by atoms with E-state index in [1.165, 1.54) is 0 Å². The normalized spacial score (nSPS) is 16.2. The summed E-state index contributed by atoms with van der Waals surface area (Å²) in [5.74, 6) is -0.404. The van der Waals surface area contributed by atoms with Crippen molar-refractivity contribution in [2.45, 2.75) is 25.4 Å². The highest BCUT2D eigenvalue weighted by molar-refractivity contribution is 9.10. The lowest BCUT2D eigenvalue weighted by Crippen LogP contribution is -2.38. The highest BCUT2D eigenvalue weighted by atomic mass is 79.9.